The van der Waals surface area contributed by atoms with Crippen LogP contribution in [-0.2, 0) is 9.59 Å². The Labute approximate surface area is 247 Å². The van der Waals surface area contributed by atoms with E-state index in [0.29, 0.717) is 12.4 Å². The molecular weight excluding hydrogens is 561 g/mol. The zero-order chi connectivity index (χ0) is 31.1. The number of nitrogens with zero attached hydrogens (tertiary/aromatic N) is 1. The third-order valence-electron chi connectivity index (χ3n) is 7.20. The molecule has 3 aromatic rings. The molecule has 0 bridgehead atoms. The highest BCUT2D eigenvalue weighted by atomic mass is 19.1. The van der Waals surface area contributed by atoms with Crippen LogP contribution in [0.15, 0.2) is 66.7 Å². The van der Waals surface area contributed by atoms with E-state index in [9.17, 15) is 24.2 Å². The van der Waals surface area contributed by atoms with Crippen molar-refractivity contribution >= 4 is 23.1 Å². The summed E-state index contributed by atoms with van der Waals surface area (Å²) in [6.07, 6.45) is -2.93. The standard InChI is InChI=1S/C28H28FNO4.C4H6O5/c1-18-25-14-23(32)7-10-26(25)34-28(27(18)21-3-2-4-22(31)13-21)20-5-8-24(9-6-20)33-12-11-30-16-19(15-29)17-30;5-2(4(8)9)1-3(6)7/h2-10,13-14,19,28,31-32H,11-12,15-17H2,1H3;2,5H,1H2,(H,6,7)(H,8,9)/t28-;/m0./s1. The molecule has 5 N–H and O–H groups in total. The Morgan fingerprint density at radius 3 is 2.33 bits per heavy atom. The lowest BCUT2D eigenvalue weighted by Gasteiger charge is -2.37. The molecule has 0 saturated carbocycles. The fourth-order valence-corrected chi connectivity index (χ4v) is 4.96. The maximum absolute atomic E-state index is 12.6. The molecule has 0 aliphatic carbocycles. The monoisotopic (exact) mass is 595 g/mol. The van der Waals surface area contributed by atoms with Gasteiger partial charge in [-0.25, -0.2) is 4.79 Å². The molecule has 0 amide bonds. The molecule has 1 unspecified atom stereocenters. The smallest absolute Gasteiger partial charge is 0.333 e. The lowest BCUT2D eigenvalue weighted by molar-refractivity contribution is -0.152. The van der Waals surface area contributed by atoms with Gasteiger partial charge in [0.05, 0.1) is 13.1 Å². The molecule has 0 radical (unpaired) electrons. The Hall–Kier alpha value is -4.61. The van der Waals surface area contributed by atoms with Crippen molar-refractivity contribution < 1.29 is 49.0 Å². The van der Waals surface area contributed by atoms with Crippen molar-refractivity contribution in [1.82, 2.24) is 4.90 Å². The summed E-state index contributed by atoms with van der Waals surface area (Å²) < 4.78 is 24.9. The fourth-order valence-electron chi connectivity index (χ4n) is 4.96. The fraction of sp³-hybridized carbons (Fsp3) is 0.312. The number of carboxylic acid groups (broad SMARTS) is 2. The third-order valence-corrected chi connectivity index (χ3v) is 7.20. The Balaban J connectivity index is 0.000000410. The van der Waals surface area contributed by atoms with Crippen LogP contribution in [0.25, 0.3) is 11.1 Å². The minimum Gasteiger partial charge on any atom is -0.508 e. The van der Waals surface area contributed by atoms with Crippen LogP contribution in [0.2, 0.25) is 0 Å². The number of phenolic OH excluding ortho intramolecular Hbond substituents is 2. The molecule has 1 saturated heterocycles. The van der Waals surface area contributed by atoms with E-state index in [-0.39, 0.29) is 30.2 Å². The van der Waals surface area contributed by atoms with Gasteiger partial charge >= 0.3 is 11.9 Å². The highest BCUT2D eigenvalue weighted by Gasteiger charge is 2.30. The van der Waals surface area contributed by atoms with Crippen LogP contribution >= 0.6 is 0 Å². The number of rotatable bonds is 10. The van der Waals surface area contributed by atoms with Crippen LogP contribution in [-0.4, -0.2) is 81.4 Å². The number of phenols is 2. The summed E-state index contributed by atoms with van der Waals surface area (Å²) in [5.41, 5.74) is 4.56. The Kier molecular flexibility index (Phi) is 10.2. The second-order valence-corrected chi connectivity index (χ2v) is 10.4. The molecule has 11 heteroatoms. The largest absolute Gasteiger partial charge is 0.508 e. The molecule has 2 heterocycles. The van der Waals surface area contributed by atoms with E-state index in [0.717, 1.165) is 53.2 Å². The van der Waals surface area contributed by atoms with Gasteiger partial charge in [0.1, 0.15) is 35.7 Å². The highest BCUT2D eigenvalue weighted by Crippen LogP contribution is 2.47. The molecule has 1 fully saturated rings. The molecule has 2 atom stereocenters. The van der Waals surface area contributed by atoms with Gasteiger partial charge in [0.25, 0.3) is 0 Å². The Morgan fingerprint density at radius 1 is 1.02 bits per heavy atom. The average Bonchev–Trinajstić information content (AvgIpc) is 2.95. The van der Waals surface area contributed by atoms with Gasteiger partial charge in [-0.1, -0.05) is 24.3 Å². The van der Waals surface area contributed by atoms with E-state index < -0.39 is 24.5 Å². The van der Waals surface area contributed by atoms with Crippen LogP contribution in [0, 0.1) is 5.92 Å². The second-order valence-electron chi connectivity index (χ2n) is 10.4. The maximum Gasteiger partial charge on any atom is 0.333 e. The van der Waals surface area contributed by atoms with Gasteiger partial charge in [0, 0.05) is 36.7 Å². The molecule has 2 aliphatic heterocycles. The van der Waals surface area contributed by atoms with Crippen LogP contribution < -0.4 is 9.47 Å². The number of halogens is 1. The van der Waals surface area contributed by atoms with Crippen molar-refractivity contribution in [2.24, 2.45) is 5.92 Å². The normalized spacial score (nSPS) is 17.0. The number of allylic oxidation sites excluding steroid dienone is 1. The molecule has 2 aliphatic rings. The van der Waals surface area contributed by atoms with Crippen molar-refractivity contribution in [3.8, 4) is 23.0 Å². The Bertz CT molecular complexity index is 1470. The number of ether oxygens (including phenoxy) is 2. The third kappa shape index (κ3) is 8.02. The van der Waals surface area contributed by atoms with Crippen LogP contribution in [0.1, 0.15) is 36.1 Å². The Morgan fingerprint density at radius 2 is 1.72 bits per heavy atom. The lowest BCUT2D eigenvalue weighted by atomic mass is 9.86. The van der Waals surface area contributed by atoms with Gasteiger partial charge in [0.15, 0.2) is 6.10 Å². The quantitative estimate of drug-likeness (QED) is 0.228. The molecule has 10 nitrogen and oxygen atoms in total. The number of hydrogen-bond donors (Lipinski definition) is 5. The van der Waals surface area contributed by atoms with Crippen LogP contribution in [0.3, 0.4) is 0 Å². The van der Waals surface area contributed by atoms with Gasteiger partial charge < -0.3 is 35.0 Å². The zero-order valence-electron chi connectivity index (χ0n) is 23.5. The van der Waals surface area contributed by atoms with Gasteiger partial charge in [-0.15, -0.1) is 0 Å². The molecule has 228 valence electrons. The SMILES string of the molecule is CC1=C(c2cccc(O)c2)[C@H](c2ccc(OCCN3CC(CF)C3)cc2)Oc2ccc(O)cc21.O=C(O)CC(O)C(=O)O. The molecule has 5 rings (SSSR count). The number of aliphatic carboxylic acids is 2. The number of fused-ring (bicyclic) bond motifs is 1. The zero-order valence-corrected chi connectivity index (χ0v) is 23.5. The number of carboxylic acids is 2. The topological polar surface area (TPSA) is 157 Å². The first kappa shape index (κ1) is 31.3. The molecule has 3 aromatic carbocycles. The maximum atomic E-state index is 12.6. The predicted octanol–water partition coefficient (Wildman–Crippen LogP) is 4.35. The van der Waals surface area contributed by atoms with Crippen molar-refractivity contribution in [3.63, 3.8) is 0 Å². The number of alkyl halides is 1. The molecule has 0 spiro atoms. The summed E-state index contributed by atoms with van der Waals surface area (Å²) >= 11 is 0. The van der Waals surface area contributed by atoms with Gasteiger partial charge in [-0.05, 0) is 66.1 Å². The highest BCUT2D eigenvalue weighted by molar-refractivity contribution is 5.95. The van der Waals surface area contributed by atoms with Crippen molar-refractivity contribution in [2.45, 2.75) is 25.6 Å². The summed E-state index contributed by atoms with van der Waals surface area (Å²) in [5.74, 6) is -0.835. The number of hydrogen-bond acceptors (Lipinski definition) is 8. The first-order chi connectivity index (χ1) is 20.5. The number of benzene rings is 3. The lowest BCUT2D eigenvalue weighted by Crippen LogP contribution is -2.49. The molecule has 43 heavy (non-hydrogen) atoms. The van der Waals surface area contributed by atoms with Gasteiger partial charge in [-0.2, -0.15) is 0 Å². The van der Waals surface area contributed by atoms with E-state index in [4.69, 9.17) is 24.8 Å². The summed E-state index contributed by atoms with van der Waals surface area (Å²) in [4.78, 5) is 21.6. The number of aliphatic hydroxyl groups excluding tert-OH is 1. The van der Waals surface area contributed by atoms with Crippen LogP contribution in [0.4, 0.5) is 4.39 Å². The predicted molar refractivity (Wildman–Crippen MR) is 156 cm³/mol. The summed E-state index contributed by atoms with van der Waals surface area (Å²) in [5, 5.41) is 44.3. The first-order valence-electron chi connectivity index (χ1n) is 13.7. The summed E-state index contributed by atoms with van der Waals surface area (Å²) in [7, 11) is 0. The van der Waals surface area contributed by atoms with E-state index >= 15 is 0 Å². The van der Waals surface area contributed by atoms with Crippen molar-refractivity contribution in [1.29, 1.82) is 0 Å². The van der Waals surface area contributed by atoms with E-state index in [1.165, 1.54) is 0 Å². The van der Waals surface area contributed by atoms with Gasteiger partial charge in [-0.3, -0.25) is 14.1 Å². The average molecular weight is 596 g/mol. The minimum absolute atomic E-state index is 0.176. The van der Waals surface area contributed by atoms with Crippen molar-refractivity contribution in [2.75, 3.05) is 32.9 Å². The second kappa shape index (κ2) is 14.0. The molecular formula is C32H34FNO9. The van der Waals surface area contributed by atoms with E-state index in [2.05, 4.69) is 4.90 Å². The van der Waals surface area contributed by atoms with E-state index in [1.54, 1.807) is 30.3 Å². The van der Waals surface area contributed by atoms with Crippen LogP contribution in [0.5, 0.6) is 23.0 Å². The van der Waals surface area contributed by atoms with Crippen molar-refractivity contribution in [3.05, 3.63) is 83.4 Å². The minimum atomic E-state index is -1.79. The summed E-state index contributed by atoms with van der Waals surface area (Å²) in [6.45, 7) is 4.72. The first-order valence-corrected chi connectivity index (χ1v) is 13.7. The number of carbonyl (C=O) groups is 2. The van der Waals surface area contributed by atoms with E-state index in [1.807, 2.05) is 43.3 Å². The molecule has 0 aromatic heterocycles. The number of aromatic hydroxyl groups is 2. The number of aliphatic hydroxyl groups is 1. The number of likely N-dealkylation sites (tertiary alicyclic amines) is 1. The van der Waals surface area contributed by atoms with Gasteiger partial charge in [0.2, 0.25) is 0 Å². The summed E-state index contributed by atoms with van der Waals surface area (Å²) in [6, 6.07) is 20.1.